The second kappa shape index (κ2) is 4.94. The van der Waals surface area contributed by atoms with Crippen molar-refractivity contribution in [2.24, 2.45) is 5.41 Å². The number of carbonyl (C=O) groups is 1. The third kappa shape index (κ3) is 5.74. The molecule has 4 nitrogen and oxygen atoms in total. The molecule has 0 spiro atoms. The van der Waals surface area contributed by atoms with Gasteiger partial charge in [0.15, 0.2) is 6.29 Å². The van der Waals surface area contributed by atoms with Crippen molar-refractivity contribution in [2.75, 3.05) is 7.11 Å². The van der Waals surface area contributed by atoms with E-state index in [0.717, 1.165) is 0 Å². The first-order chi connectivity index (χ1) is 6.58. The summed E-state index contributed by atoms with van der Waals surface area (Å²) in [5.74, 6) is -0.350. The summed E-state index contributed by atoms with van der Waals surface area (Å²) >= 11 is 0. The minimum atomic E-state index is -0.989. The molecule has 0 aromatic rings. The molecule has 0 fully saturated rings. The molecule has 0 bridgehead atoms. The van der Waals surface area contributed by atoms with Gasteiger partial charge in [-0.25, -0.2) is 0 Å². The van der Waals surface area contributed by atoms with Gasteiger partial charge in [0.25, 0.3) is 0 Å². The van der Waals surface area contributed by atoms with Crippen LogP contribution in [0.4, 0.5) is 0 Å². The van der Waals surface area contributed by atoms with Gasteiger partial charge in [-0.3, -0.25) is 4.79 Å². The van der Waals surface area contributed by atoms with Gasteiger partial charge < -0.3 is 14.6 Å². The van der Waals surface area contributed by atoms with E-state index in [1.165, 1.54) is 7.11 Å². The second-order valence-corrected chi connectivity index (χ2v) is 5.32. The Labute approximate surface area is 91.6 Å². The molecule has 0 radical (unpaired) electrons. The molecule has 0 aliphatic rings. The Morgan fingerprint density at radius 2 is 1.73 bits per heavy atom. The van der Waals surface area contributed by atoms with Crippen LogP contribution in [0.15, 0.2) is 0 Å². The van der Waals surface area contributed by atoms with Gasteiger partial charge in [0.05, 0.1) is 19.1 Å². The number of ether oxygens (including phenoxy) is 2. The SMILES string of the molecule is COC(=O)CC(C)(C)C(O)OC(C)(C)C. The van der Waals surface area contributed by atoms with E-state index < -0.39 is 17.3 Å². The van der Waals surface area contributed by atoms with Crippen LogP contribution in [0.3, 0.4) is 0 Å². The molecular formula is C11H22O4. The molecule has 0 rings (SSSR count). The fourth-order valence-electron chi connectivity index (χ4n) is 1.03. The smallest absolute Gasteiger partial charge is 0.306 e. The largest absolute Gasteiger partial charge is 0.469 e. The van der Waals surface area contributed by atoms with Gasteiger partial charge in [0, 0.05) is 5.41 Å². The number of carbonyl (C=O) groups excluding carboxylic acids is 1. The lowest BCUT2D eigenvalue weighted by atomic mass is 9.88. The summed E-state index contributed by atoms with van der Waals surface area (Å²) in [5.41, 5.74) is -1.09. The van der Waals surface area contributed by atoms with Gasteiger partial charge in [-0.15, -0.1) is 0 Å². The van der Waals surface area contributed by atoms with Crippen LogP contribution in [-0.4, -0.2) is 30.1 Å². The van der Waals surface area contributed by atoms with Crippen LogP contribution >= 0.6 is 0 Å². The van der Waals surface area contributed by atoms with Crippen molar-refractivity contribution in [2.45, 2.75) is 52.9 Å². The van der Waals surface area contributed by atoms with Gasteiger partial charge in [-0.05, 0) is 20.8 Å². The maximum absolute atomic E-state index is 11.1. The Balaban J connectivity index is 4.38. The summed E-state index contributed by atoms with van der Waals surface area (Å²) in [6.07, 6.45) is -0.864. The summed E-state index contributed by atoms with van der Waals surface area (Å²) in [4.78, 5) is 11.1. The summed E-state index contributed by atoms with van der Waals surface area (Å²) < 4.78 is 9.96. The zero-order valence-electron chi connectivity index (χ0n) is 10.5. The number of hydrogen-bond acceptors (Lipinski definition) is 4. The minimum absolute atomic E-state index is 0.126. The van der Waals surface area contributed by atoms with Crippen molar-refractivity contribution in [3.05, 3.63) is 0 Å². The summed E-state index contributed by atoms with van der Waals surface area (Å²) in [7, 11) is 1.33. The van der Waals surface area contributed by atoms with E-state index >= 15 is 0 Å². The standard InChI is InChI=1S/C11H22O4/c1-10(2,3)15-9(13)11(4,5)7-8(12)14-6/h9,13H,7H2,1-6H3. The van der Waals surface area contributed by atoms with E-state index in [4.69, 9.17) is 4.74 Å². The molecule has 0 aliphatic heterocycles. The van der Waals surface area contributed by atoms with Crippen LogP contribution in [0, 0.1) is 5.41 Å². The zero-order valence-corrected chi connectivity index (χ0v) is 10.5. The molecule has 0 aliphatic carbocycles. The van der Waals surface area contributed by atoms with E-state index in [0.29, 0.717) is 0 Å². The van der Waals surface area contributed by atoms with E-state index in [1.54, 1.807) is 13.8 Å². The Morgan fingerprint density at radius 3 is 2.07 bits per heavy atom. The van der Waals surface area contributed by atoms with Crippen LogP contribution in [0.25, 0.3) is 0 Å². The van der Waals surface area contributed by atoms with E-state index in [2.05, 4.69) is 4.74 Å². The molecule has 15 heavy (non-hydrogen) atoms. The van der Waals surface area contributed by atoms with Crippen LogP contribution in [0.1, 0.15) is 41.0 Å². The molecular weight excluding hydrogens is 196 g/mol. The Kier molecular flexibility index (Phi) is 4.74. The molecule has 90 valence electrons. The summed E-state index contributed by atoms with van der Waals surface area (Å²) in [6, 6.07) is 0. The van der Waals surface area contributed by atoms with Crippen LogP contribution in [-0.2, 0) is 14.3 Å². The predicted molar refractivity (Wildman–Crippen MR) is 57.3 cm³/mol. The maximum Gasteiger partial charge on any atom is 0.306 e. The van der Waals surface area contributed by atoms with Crippen molar-refractivity contribution in [3.63, 3.8) is 0 Å². The number of methoxy groups -OCH3 is 1. The van der Waals surface area contributed by atoms with Crippen molar-refractivity contribution >= 4 is 5.97 Å². The Morgan fingerprint density at radius 1 is 1.27 bits per heavy atom. The highest BCUT2D eigenvalue weighted by molar-refractivity contribution is 5.70. The maximum atomic E-state index is 11.1. The topological polar surface area (TPSA) is 55.8 Å². The van der Waals surface area contributed by atoms with Gasteiger partial charge in [0.2, 0.25) is 0 Å². The van der Waals surface area contributed by atoms with Gasteiger partial charge >= 0.3 is 5.97 Å². The van der Waals surface area contributed by atoms with Crippen molar-refractivity contribution in [3.8, 4) is 0 Å². The Hall–Kier alpha value is -0.610. The highest BCUT2D eigenvalue weighted by Gasteiger charge is 2.34. The fraction of sp³-hybridized carbons (Fsp3) is 0.909. The third-order valence-electron chi connectivity index (χ3n) is 1.96. The molecule has 0 aromatic carbocycles. The second-order valence-electron chi connectivity index (χ2n) is 5.32. The number of aliphatic hydroxyl groups excluding tert-OH is 1. The number of rotatable bonds is 4. The lowest BCUT2D eigenvalue weighted by Crippen LogP contribution is -2.39. The molecule has 0 saturated heterocycles. The van der Waals surface area contributed by atoms with E-state index in [-0.39, 0.29) is 12.4 Å². The first-order valence-corrected chi connectivity index (χ1v) is 5.01. The third-order valence-corrected chi connectivity index (χ3v) is 1.96. The minimum Gasteiger partial charge on any atom is -0.469 e. The van der Waals surface area contributed by atoms with Crippen LogP contribution in [0.5, 0.6) is 0 Å². The van der Waals surface area contributed by atoms with E-state index in [9.17, 15) is 9.90 Å². The van der Waals surface area contributed by atoms with Gasteiger partial charge in [-0.1, -0.05) is 13.8 Å². The first kappa shape index (κ1) is 14.4. The van der Waals surface area contributed by atoms with Crippen LogP contribution in [0.2, 0.25) is 0 Å². The molecule has 1 unspecified atom stereocenters. The summed E-state index contributed by atoms with van der Waals surface area (Å²) in [6.45, 7) is 9.08. The lowest BCUT2D eigenvalue weighted by molar-refractivity contribution is -0.219. The summed E-state index contributed by atoms with van der Waals surface area (Å²) in [5, 5.41) is 9.83. The normalized spacial score (nSPS) is 14.9. The molecule has 0 saturated carbocycles. The monoisotopic (exact) mass is 218 g/mol. The van der Waals surface area contributed by atoms with E-state index in [1.807, 2.05) is 20.8 Å². The highest BCUT2D eigenvalue weighted by atomic mass is 16.6. The fourth-order valence-corrected chi connectivity index (χ4v) is 1.03. The van der Waals surface area contributed by atoms with Crippen molar-refractivity contribution in [1.82, 2.24) is 0 Å². The predicted octanol–water partition coefficient (Wildman–Crippen LogP) is 1.71. The Bertz CT molecular complexity index is 215. The number of aliphatic hydroxyl groups is 1. The lowest BCUT2D eigenvalue weighted by Gasteiger charge is -2.34. The average molecular weight is 218 g/mol. The molecule has 0 amide bonds. The quantitative estimate of drug-likeness (QED) is 0.576. The molecule has 0 heterocycles. The average Bonchev–Trinajstić information content (AvgIpc) is 2.00. The molecule has 0 aromatic heterocycles. The van der Waals surface area contributed by atoms with Gasteiger partial charge in [-0.2, -0.15) is 0 Å². The number of esters is 1. The zero-order chi connectivity index (χ0) is 12.3. The molecule has 1 N–H and O–H groups in total. The molecule has 1 atom stereocenters. The van der Waals surface area contributed by atoms with Gasteiger partial charge in [0.1, 0.15) is 0 Å². The number of hydrogen-bond donors (Lipinski definition) is 1. The highest BCUT2D eigenvalue weighted by Crippen LogP contribution is 2.29. The van der Waals surface area contributed by atoms with Crippen molar-refractivity contribution in [1.29, 1.82) is 0 Å². The first-order valence-electron chi connectivity index (χ1n) is 5.01. The van der Waals surface area contributed by atoms with Crippen LogP contribution < -0.4 is 0 Å². The molecule has 4 heteroatoms. The van der Waals surface area contributed by atoms with Crippen molar-refractivity contribution < 1.29 is 19.4 Å².